The minimum absolute atomic E-state index is 0.0343. The third kappa shape index (κ3) is 4.51. The van der Waals surface area contributed by atoms with Gasteiger partial charge in [-0.1, -0.05) is 6.07 Å². The van der Waals surface area contributed by atoms with Gasteiger partial charge in [0.05, 0.1) is 10.6 Å². The summed E-state index contributed by atoms with van der Waals surface area (Å²) in [5, 5.41) is 10.6. The fraction of sp³-hybridized carbons (Fsp3) is 0.333. The first-order valence-electron chi connectivity index (χ1n) is 6.05. The number of nitrogens with two attached hydrogens (primary N) is 1. The molecule has 0 aromatic heterocycles. The van der Waals surface area contributed by atoms with Crippen LogP contribution in [0.2, 0.25) is 0 Å². The molecule has 0 radical (unpaired) electrons. The number of hydrogen-bond donors (Lipinski definition) is 1. The van der Waals surface area contributed by atoms with Crippen molar-refractivity contribution in [2.24, 2.45) is 15.7 Å². The predicted octanol–water partition coefficient (Wildman–Crippen LogP) is 2.48. The highest BCUT2D eigenvalue weighted by Gasteiger charge is 2.09. The molecule has 108 valence electrons. The smallest absolute Gasteiger partial charge is 0.271 e. The molecule has 8 heteroatoms. The molecule has 20 heavy (non-hydrogen) atoms. The molecule has 1 aromatic carbocycles. The number of hydrogen-bond acceptors (Lipinski definition) is 3. The highest BCUT2D eigenvalue weighted by Crippen LogP contribution is 2.20. The second-order valence-corrected chi connectivity index (χ2v) is 4.18. The van der Waals surface area contributed by atoms with E-state index in [-0.39, 0.29) is 11.0 Å². The summed E-state index contributed by atoms with van der Waals surface area (Å²) in [5.74, 6) is 0.322. The molecule has 2 N–H and O–H groups in total. The fourth-order valence-electron chi connectivity index (χ4n) is 1.56. The Morgan fingerprint density at radius 3 is 2.60 bits per heavy atom. The maximum atomic E-state index is 10.7. The lowest BCUT2D eigenvalue weighted by Crippen LogP contribution is -2.30. The van der Waals surface area contributed by atoms with Crippen LogP contribution in [0.3, 0.4) is 0 Å². The summed E-state index contributed by atoms with van der Waals surface area (Å²) >= 11 is 5.59. The number of nitro groups is 1. The van der Waals surface area contributed by atoms with E-state index in [0.29, 0.717) is 24.7 Å². The third-order valence-electron chi connectivity index (χ3n) is 2.52. The Bertz CT molecular complexity index is 536. The van der Waals surface area contributed by atoms with Crippen LogP contribution in [0.4, 0.5) is 11.4 Å². The van der Waals surface area contributed by atoms with Gasteiger partial charge >= 0.3 is 0 Å². The van der Waals surface area contributed by atoms with Crippen LogP contribution in [-0.4, -0.2) is 34.2 Å². The Labute approximate surface area is 121 Å². The number of aliphatic imine (C=N–C) groups is 2. The Kier molecular flexibility index (Phi) is 5.92. The lowest BCUT2D eigenvalue weighted by Gasteiger charge is -2.19. The van der Waals surface area contributed by atoms with Crippen molar-refractivity contribution in [3.8, 4) is 0 Å². The number of benzene rings is 1. The predicted molar refractivity (Wildman–Crippen MR) is 80.6 cm³/mol. The first-order valence-corrected chi connectivity index (χ1v) is 6.43. The van der Waals surface area contributed by atoms with Gasteiger partial charge < -0.3 is 10.6 Å². The summed E-state index contributed by atoms with van der Waals surface area (Å²) in [7, 11) is 0. The van der Waals surface area contributed by atoms with Crippen molar-refractivity contribution in [3.05, 3.63) is 34.4 Å². The van der Waals surface area contributed by atoms with Gasteiger partial charge in [-0.3, -0.25) is 10.1 Å². The van der Waals surface area contributed by atoms with Crippen LogP contribution >= 0.6 is 11.6 Å². The molecule has 0 saturated carbocycles. The topological polar surface area (TPSA) is 97.1 Å². The maximum absolute atomic E-state index is 10.7. The van der Waals surface area contributed by atoms with Gasteiger partial charge in [-0.2, -0.15) is 4.99 Å². The van der Waals surface area contributed by atoms with Crippen molar-refractivity contribution >= 4 is 34.2 Å². The average molecular weight is 298 g/mol. The summed E-state index contributed by atoms with van der Waals surface area (Å²) in [6.07, 6.45) is 0. The van der Waals surface area contributed by atoms with Crippen LogP contribution in [-0.2, 0) is 0 Å². The van der Waals surface area contributed by atoms with E-state index in [1.54, 1.807) is 12.1 Å². The zero-order valence-corrected chi connectivity index (χ0v) is 12.0. The summed E-state index contributed by atoms with van der Waals surface area (Å²) < 4.78 is 0. The maximum Gasteiger partial charge on any atom is 0.271 e. The van der Waals surface area contributed by atoms with Crippen molar-refractivity contribution in [2.75, 3.05) is 13.1 Å². The Morgan fingerprint density at radius 1 is 1.45 bits per heavy atom. The lowest BCUT2D eigenvalue weighted by molar-refractivity contribution is -0.384. The van der Waals surface area contributed by atoms with Gasteiger partial charge in [0.15, 0.2) is 5.29 Å². The van der Waals surface area contributed by atoms with Gasteiger partial charge in [-0.25, -0.2) is 4.99 Å². The van der Waals surface area contributed by atoms with Crippen LogP contribution in [0.25, 0.3) is 0 Å². The van der Waals surface area contributed by atoms with E-state index in [2.05, 4.69) is 9.98 Å². The Balaban J connectivity index is 3.22. The van der Waals surface area contributed by atoms with Crippen molar-refractivity contribution in [1.82, 2.24) is 4.90 Å². The molecule has 0 aliphatic carbocycles. The van der Waals surface area contributed by atoms with Gasteiger partial charge in [0.1, 0.15) is 0 Å². The minimum Gasteiger partial charge on any atom is -0.374 e. The Hall–Kier alpha value is -2.15. The molecule has 0 heterocycles. The molecule has 7 nitrogen and oxygen atoms in total. The summed E-state index contributed by atoms with van der Waals surface area (Å²) in [6.45, 7) is 5.20. The van der Waals surface area contributed by atoms with E-state index in [1.807, 2.05) is 18.7 Å². The first-order chi connectivity index (χ1) is 9.47. The average Bonchev–Trinajstić information content (AvgIpc) is 2.39. The number of halogens is 1. The third-order valence-corrected chi connectivity index (χ3v) is 2.61. The molecule has 0 fully saturated rings. The first kappa shape index (κ1) is 15.9. The van der Waals surface area contributed by atoms with E-state index in [4.69, 9.17) is 17.3 Å². The molecule has 0 atom stereocenters. The number of guanidine groups is 1. The monoisotopic (exact) mass is 297 g/mol. The van der Waals surface area contributed by atoms with E-state index >= 15 is 0 Å². The molecule has 0 aliphatic heterocycles. The molecule has 0 spiro atoms. The van der Waals surface area contributed by atoms with Crippen molar-refractivity contribution in [1.29, 1.82) is 0 Å². The van der Waals surface area contributed by atoms with Gasteiger partial charge in [-0.15, -0.1) is 0 Å². The van der Waals surface area contributed by atoms with Gasteiger partial charge in [-0.05, 0) is 31.5 Å². The molecule has 0 unspecified atom stereocenters. The summed E-state index contributed by atoms with van der Waals surface area (Å²) in [4.78, 5) is 20.3. The summed E-state index contributed by atoms with van der Waals surface area (Å²) in [5.41, 5.74) is 5.76. The van der Waals surface area contributed by atoms with E-state index in [0.717, 1.165) is 0 Å². The fourth-order valence-corrected chi connectivity index (χ4v) is 1.64. The van der Waals surface area contributed by atoms with E-state index in [1.165, 1.54) is 12.1 Å². The van der Waals surface area contributed by atoms with Crippen LogP contribution in [0.15, 0.2) is 34.3 Å². The quantitative estimate of drug-likeness (QED) is 0.303. The van der Waals surface area contributed by atoms with Gasteiger partial charge in [0.2, 0.25) is 5.96 Å². The highest BCUT2D eigenvalue weighted by atomic mass is 35.5. The number of nitrogens with zero attached hydrogens (tertiary/aromatic N) is 4. The molecular weight excluding hydrogens is 282 g/mol. The molecule has 0 saturated heterocycles. The van der Waals surface area contributed by atoms with Crippen molar-refractivity contribution in [3.63, 3.8) is 0 Å². The second kappa shape index (κ2) is 7.44. The zero-order valence-electron chi connectivity index (χ0n) is 11.3. The molecule has 0 aliphatic rings. The molecular formula is C12H16ClN5O2. The minimum atomic E-state index is -0.477. The van der Waals surface area contributed by atoms with Gasteiger partial charge in [0.25, 0.3) is 5.69 Å². The molecule has 1 aromatic rings. The van der Waals surface area contributed by atoms with Crippen LogP contribution in [0, 0.1) is 10.1 Å². The van der Waals surface area contributed by atoms with Gasteiger partial charge in [0, 0.05) is 25.2 Å². The molecule has 0 bridgehead atoms. The standard InChI is InChI=1S/C12H16ClN5O2/c1-3-17(4-2)12(16-11(13)14)15-9-6-5-7-10(8-9)18(19)20/h5-8H,3-4H2,1-2H3,(H2,14,15,16). The number of non-ortho nitro benzene ring substituents is 1. The van der Waals surface area contributed by atoms with Crippen molar-refractivity contribution < 1.29 is 4.92 Å². The van der Waals surface area contributed by atoms with Crippen molar-refractivity contribution in [2.45, 2.75) is 13.8 Å². The normalized spacial score (nSPS) is 12.3. The SMILES string of the molecule is CCN(CC)C(=Nc1cccc([N+](=O)[O-])c1)/N=C(/N)Cl. The van der Waals surface area contributed by atoms with Crippen LogP contribution < -0.4 is 5.73 Å². The molecule has 1 rings (SSSR count). The Morgan fingerprint density at radius 2 is 2.10 bits per heavy atom. The second-order valence-electron chi connectivity index (χ2n) is 3.80. The molecule has 0 amide bonds. The van der Waals surface area contributed by atoms with E-state index in [9.17, 15) is 10.1 Å². The zero-order chi connectivity index (χ0) is 15.1. The summed E-state index contributed by atoms with van der Waals surface area (Å²) in [6, 6.07) is 5.97. The highest BCUT2D eigenvalue weighted by molar-refractivity contribution is 6.65. The number of nitro benzene ring substituents is 1. The largest absolute Gasteiger partial charge is 0.374 e. The van der Waals surface area contributed by atoms with Crippen LogP contribution in [0.1, 0.15) is 13.8 Å². The number of amidine groups is 1. The van der Waals surface area contributed by atoms with E-state index < -0.39 is 4.92 Å². The lowest BCUT2D eigenvalue weighted by atomic mass is 10.3. The van der Waals surface area contributed by atoms with Crippen LogP contribution in [0.5, 0.6) is 0 Å². The number of rotatable bonds is 4.